The number of rotatable bonds is 5. The fraction of sp³-hybridized carbons (Fsp3) is 0.571. The summed E-state index contributed by atoms with van der Waals surface area (Å²) in [5.41, 5.74) is 1.38. The van der Waals surface area contributed by atoms with Crippen LogP contribution in [0, 0.1) is 12.7 Å². The molecule has 3 heteroatoms. The summed E-state index contributed by atoms with van der Waals surface area (Å²) >= 11 is 0. The van der Waals surface area contributed by atoms with Crippen LogP contribution in [0.1, 0.15) is 37.9 Å². The topological polar surface area (TPSA) is 21.3 Å². The van der Waals surface area contributed by atoms with E-state index < -0.39 is 0 Å². The van der Waals surface area contributed by atoms with Crippen LogP contribution in [-0.2, 0) is 4.74 Å². The summed E-state index contributed by atoms with van der Waals surface area (Å²) in [6.07, 6.45) is 0. The van der Waals surface area contributed by atoms with Crippen LogP contribution in [0.4, 0.5) is 4.39 Å². The lowest BCUT2D eigenvalue weighted by molar-refractivity contribution is -0.0375. The van der Waals surface area contributed by atoms with Gasteiger partial charge >= 0.3 is 0 Å². The van der Waals surface area contributed by atoms with Crippen LogP contribution in [0.3, 0.4) is 0 Å². The average Bonchev–Trinajstić information content (AvgIpc) is 2.23. The highest BCUT2D eigenvalue weighted by atomic mass is 19.1. The maximum atomic E-state index is 13.3. The normalized spacial score (nSPS) is 13.8. The molecular formula is C14H22FNO. The lowest BCUT2D eigenvalue weighted by Crippen LogP contribution is -2.40. The summed E-state index contributed by atoms with van der Waals surface area (Å²) in [4.78, 5) is 0. The van der Waals surface area contributed by atoms with Crippen molar-refractivity contribution in [1.82, 2.24) is 5.32 Å². The van der Waals surface area contributed by atoms with Gasteiger partial charge in [-0.15, -0.1) is 0 Å². The Hall–Kier alpha value is -0.930. The van der Waals surface area contributed by atoms with Gasteiger partial charge in [0.05, 0.1) is 11.6 Å². The van der Waals surface area contributed by atoms with E-state index in [-0.39, 0.29) is 17.5 Å². The standard InChI is InChI=1S/C14H22FNO/c1-6-17-14(3,4)13(16-5)11-7-8-12(15)10(2)9-11/h7-9,13,16H,6H2,1-5H3. The molecule has 2 nitrogen and oxygen atoms in total. The van der Waals surface area contributed by atoms with Crippen molar-refractivity contribution in [2.75, 3.05) is 13.7 Å². The van der Waals surface area contributed by atoms with Crippen molar-refractivity contribution in [3.63, 3.8) is 0 Å². The van der Waals surface area contributed by atoms with E-state index >= 15 is 0 Å². The fourth-order valence-corrected chi connectivity index (χ4v) is 2.22. The molecule has 0 bridgehead atoms. The van der Waals surface area contributed by atoms with Crippen molar-refractivity contribution in [1.29, 1.82) is 0 Å². The molecule has 0 aromatic heterocycles. The van der Waals surface area contributed by atoms with Crippen molar-refractivity contribution >= 4 is 0 Å². The first-order valence-corrected chi connectivity index (χ1v) is 5.99. The highest BCUT2D eigenvalue weighted by Crippen LogP contribution is 2.29. The summed E-state index contributed by atoms with van der Waals surface area (Å²) in [5.74, 6) is -0.169. The number of hydrogen-bond acceptors (Lipinski definition) is 2. The van der Waals surface area contributed by atoms with Gasteiger partial charge in [0.15, 0.2) is 0 Å². The molecule has 1 atom stereocenters. The van der Waals surface area contributed by atoms with E-state index in [0.29, 0.717) is 12.2 Å². The van der Waals surface area contributed by atoms with E-state index in [2.05, 4.69) is 5.32 Å². The molecule has 0 saturated heterocycles. The van der Waals surface area contributed by atoms with Gasteiger partial charge < -0.3 is 10.1 Å². The number of halogens is 1. The van der Waals surface area contributed by atoms with Crippen LogP contribution in [0.25, 0.3) is 0 Å². The van der Waals surface area contributed by atoms with E-state index in [0.717, 1.165) is 5.56 Å². The number of likely N-dealkylation sites (N-methyl/N-ethyl adjacent to an activating group) is 1. The summed E-state index contributed by atoms with van der Waals surface area (Å²) in [6.45, 7) is 8.49. The molecular weight excluding hydrogens is 217 g/mol. The molecule has 0 aliphatic carbocycles. The Bertz CT molecular complexity index is 376. The Kier molecular flexibility index (Phi) is 4.66. The Balaban J connectivity index is 3.05. The van der Waals surface area contributed by atoms with E-state index in [1.807, 2.05) is 40.0 Å². The zero-order chi connectivity index (χ0) is 13.1. The van der Waals surface area contributed by atoms with Crippen LogP contribution >= 0.6 is 0 Å². The van der Waals surface area contributed by atoms with E-state index in [9.17, 15) is 4.39 Å². The molecule has 1 rings (SSSR count). The molecule has 0 radical (unpaired) electrons. The molecule has 1 unspecified atom stereocenters. The Morgan fingerprint density at radius 1 is 1.41 bits per heavy atom. The number of hydrogen-bond donors (Lipinski definition) is 1. The number of aryl methyl sites for hydroxylation is 1. The second-order valence-electron chi connectivity index (χ2n) is 4.77. The molecule has 0 aliphatic heterocycles. The van der Waals surface area contributed by atoms with Gasteiger partial charge in [0.2, 0.25) is 0 Å². The third-order valence-corrected chi connectivity index (χ3v) is 3.02. The van der Waals surface area contributed by atoms with Crippen LogP contribution in [0.2, 0.25) is 0 Å². The quantitative estimate of drug-likeness (QED) is 0.852. The van der Waals surface area contributed by atoms with Crippen LogP contribution in [0.5, 0.6) is 0 Å². The molecule has 0 spiro atoms. The Labute approximate surface area is 103 Å². The zero-order valence-corrected chi connectivity index (χ0v) is 11.3. The molecule has 0 fully saturated rings. The van der Waals surface area contributed by atoms with Crippen LogP contribution in [0.15, 0.2) is 18.2 Å². The first-order chi connectivity index (χ1) is 7.92. The van der Waals surface area contributed by atoms with Gasteiger partial charge in [0, 0.05) is 6.61 Å². The fourth-order valence-electron chi connectivity index (χ4n) is 2.22. The predicted octanol–water partition coefficient (Wildman–Crippen LogP) is 3.21. The Morgan fingerprint density at radius 3 is 2.53 bits per heavy atom. The molecule has 0 amide bonds. The molecule has 0 heterocycles. The van der Waals surface area contributed by atoms with Crippen molar-refractivity contribution in [2.45, 2.75) is 39.3 Å². The molecule has 96 valence electrons. The first-order valence-electron chi connectivity index (χ1n) is 5.99. The summed E-state index contributed by atoms with van der Waals surface area (Å²) in [6, 6.07) is 5.24. The van der Waals surface area contributed by atoms with Gasteiger partial charge in [-0.2, -0.15) is 0 Å². The average molecular weight is 239 g/mol. The highest BCUT2D eigenvalue weighted by molar-refractivity contribution is 5.28. The largest absolute Gasteiger partial charge is 0.374 e. The van der Waals surface area contributed by atoms with E-state index in [1.54, 1.807) is 6.92 Å². The second-order valence-corrected chi connectivity index (χ2v) is 4.77. The maximum Gasteiger partial charge on any atom is 0.126 e. The SMILES string of the molecule is CCOC(C)(C)C(NC)c1ccc(F)c(C)c1. The minimum Gasteiger partial charge on any atom is -0.374 e. The molecule has 1 aromatic rings. The first kappa shape index (κ1) is 14.1. The number of benzene rings is 1. The van der Waals surface area contributed by atoms with Crippen LogP contribution in [-0.4, -0.2) is 19.3 Å². The highest BCUT2D eigenvalue weighted by Gasteiger charge is 2.30. The van der Waals surface area contributed by atoms with Crippen molar-refractivity contribution in [3.8, 4) is 0 Å². The minimum absolute atomic E-state index is 0.0433. The minimum atomic E-state index is -0.326. The van der Waals surface area contributed by atoms with Crippen molar-refractivity contribution in [2.24, 2.45) is 0 Å². The molecule has 1 aromatic carbocycles. The van der Waals surface area contributed by atoms with Gasteiger partial charge in [-0.05, 0) is 51.9 Å². The monoisotopic (exact) mass is 239 g/mol. The van der Waals surface area contributed by atoms with Crippen molar-refractivity contribution in [3.05, 3.63) is 35.1 Å². The zero-order valence-electron chi connectivity index (χ0n) is 11.3. The van der Waals surface area contributed by atoms with Gasteiger partial charge in [0.1, 0.15) is 5.82 Å². The third-order valence-electron chi connectivity index (χ3n) is 3.02. The maximum absolute atomic E-state index is 13.3. The summed E-state index contributed by atoms with van der Waals surface area (Å²) < 4.78 is 19.0. The smallest absolute Gasteiger partial charge is 0.126 e. The Morgan fingerprint density at radius 2 is 2.06 bits per heavy atom. The van der Waals surface area contributed by atoms with Crippen LogP contribution < -0.4 is 5.32 Å². The van der Waals surface area contributed by atoms with E-state index in [4.69, 9.17) is 4.74 Å². The number of nitrogens with one attached hydrogen (secondary N) is 1. The molecule has 0 aliphatic rings. The third kappa shape index (κ3) is 3.27. The number of ether oxygens (including phenoxy) is 1. The summed E-state index contributed by atoms with van der Waals surface area (Å²) in [7, 11) is 1.89. The molecule has 1 N–H and O–H groups in total. The second kappa shape index (κ2) is 5.61. The molecule has 0 saturated carbocycles. The van der Waals surface area contributed by atoms with Gasteiger partial charge in [-0.25, -0.2) is 4.39 Å². The van der Waals surface area contributed by atoms with E-state index in [1.165, 1.54) is 6.07 Å². The van der Waals surface area contributed by atoms with Gasteiger partial charge in [-0.1, -0.05) is 12.1 Å². The lowest BCUT2D eigenvalue weighted by Gasteiger charge is -2.34. The lowest BCUT2D eigenvalue weighted by atomic mass is 9.91. The van der Waals surface area contributed by atoms with Crippen molar-refractivity contribution < 1.29 is 9.13 Å². The van der Waals surface area contributed by atoms with Gasteiger partial charge in [-0.3, -0.25) is 0 Å². The summed E-state index contributed by atoms with van der Waals surface area (Å²) in [5, 5.41) is 3.24. The predicted molar refractivity (Wildman–Crippen MR) is 68.6 cm³/mol. The molecule has 17 heavy (non-hydrogen) atoms. The van der Waals surface area contributed by atoms with Gasteiger partial charge in [0.25, 0.3) is 0 Å².